The van der Waals surface area contributed by atoms with Crippen molar-refractivity contribution >= 4 is 15.7 Å². The van der Waals surface area contributed by atoms with Crippen LogP contribution in [-0.2, 0) is 23.1 Å². The Morgan fingerprint density at radius 3 is 2.46 bits per heavy atom. The minimum Gasteiger partial charge on any atom is -0.399 e. The highest BCUT2D eigenvalue weighted by Crippen LogP contribution is 2.12. The zero-order valence-electron chi connectivity index (χ0n) is 13.0. The molecule has 0 radical (unpaired) electrons. The Morgan fingerprint density at radius 2 is 1.75 bits per heavy atom. The SMILES string of the molecule is Nc1ccc(S(=O)(=O)NCc2nccn2Cc2ccccc2)cc1. The summed E-state index contributed by atoms with van der Waals surface area (Å²) in [7, 11) is -3.60. The first-order chi connectivity index (χ1) is 11.5. The third-order valence-corrected chi connectivity index (χ3v) is 5.03. The van der Waals surface area contributed by atoms with Gasteiger partial charge in [0.05, 0.1) is 11.4 Å². The number of aromatic nitrogens is 2. The number of anilines is 1. The van der Waals surface area contributed by atoms with Crippen LogP contribution in [0.1, 0.15) is 11.4 Å². The van der Waals surface area contributed by atoms with Crippen molar-refractivity contribution in [2.45, 2.75) is 18.0 Å². The number of rotatable bonds is 6. The van der Waals surface area contributed by atoms with Crippen LogP contribution < -0.4 is 10.5 Å². The molecule has 24 heavy (non-hydrogen) atoms. The predicted molar refractivity (Wildman–Crippen MR) is 92.7 cm³/mol. The van der Waals surface area contributed by atoms with E-state index in [9.17, 15) is 8.42 Å². The molecule has 0 saturated carbocycles. The van der Waals surface area contributed by atoms with Crippen LogP contribution in [0.5, 0.6) is 0 Å². The molecule has 0 atom stereocenters. The number of imidazole rings is 1. The molecule has 0 saturated heterocycles. The number of benzene rings is 2. The van der Waals surface area contributed by atoms with E-state index in [4.69, 9.17) is 5.73 Å². The van der Waals surface area contributed by atoms with E-state index >= 15 is 0 Å². The highest BCUT2D eigenvalue weighted by atomic mass is 32.2. The van der Waals surface area contributed by atoms with Gasteiger partial charge >= 0.3 is 0 Å². The van der Waals surface area contributed by atoms with Gasteiger partial charge in [-0.2, -0.15) is 0 Å². The summed E-state index contributed by atoms with van der Waals surface area (Å²) >= 11 is 0. The molecule has 0 aliphatic carbocycles. The first kappa shape index (κ1) is 16.2. The van der Waals surface area contributed by atoms with Crippen molar-refractivity contribution in [3.05, 3.63) is 78.4 Å². The van der Waals surface area contributed by atoms with Crippen molar-refractivity contribution in [2.75, 3.05) is 5.73 Å². The quantitative estimate of drug-likeness (QED) is 0.670. The normalized spacial score (nSPS) is 11.5. The standard InChI is InChI=1S/C17H18N4O2S/c18-15-6-8-16(9-7-15)24(22,23)20-12-17-19-10-11-21(17)13-14-4-2-1-3-5-14/h1-11,20H,12-13,18H2. The van der Waals surface area contributed by atoms with E-state index < -0.39 is 10.0 Å². The predicted octanol–water partition coefficient (Wildman–Crippen LogP) is 1.99. The molecule has 3 N–H and O–H groups in total. The molecule has 0 fully saturated rings. The van der Waals surface area contributed by atoms with Crippen molar-refractivity contribution in [1.29, 1.82) is 0 Å². The van der Waals surface area contributed by atoms with Gasteiger partial charge in [-0.05, 0) is 29.8 Å². The van der Waals surface area contributed by atoms with Crippen molar-refractivity contribution < 1.29 is 8.42 Å². The molecule has 0 bridgehead atoms. The summed E-state index contributed by atoms with van der Waals surface area (Å²) in [6.45, 7) is 0.756. The second-order valence-corrected chi connectivity index (χ2v) is 7.12. The molecule has 0 aliphatic heterocycles. The number of hydrogen-bond acceptors (Lipinski definition) is 4. The monoisotopic (exact) mass is 342 g/mol. The van der Waals surface area contributed by atoms with Crippen molar-refractivity contribution in [2.24, 2.45) is 0 Å². The number of nitrogens with one attached hydrogen (secondary N) is 1. The maximum absolute atomic E-state index is 12.3. The highest BCUT2D eigenvalue weighted by Gasteiger charge is 2.15. The lowest BCUT2D eigenvalue weighted by Gasteiger charge is -2.10. The van der Waals surface area contributed by atoms with E-state index in [0.717, 1.165) is 5.56 Å². The van der Waals surface area contributed by atoms with Crippen LogP contribution in [0, 0.1) is 0 Å². The van der Waals surface area contributed by atoms with Crippen LogP contribution >= 0.6 is 0 Å². The van der Waals surface area contributed by atoms with E-state index in [1.54, 1.807) is 18.3 Å². The molecule has 1 aromatic heterocycles. The summed E-state index contributed by atoms with van der Waals surface area (Å²) < 4.78 is 29.1. The summed E-state index contributed by atoms with van der Waals surface area (Å²) in [5.41, 5.74) is 7.23. The first-order valence-corrected chi connectivity index (χ1v) is 8.92. The van der Waals surface area contributed by atoms with Crippen LogP contribution in [-0.4, -0.2) is 18.0 Å². The number of nitrogens with zero attached hydrogens (tertiary/aromatic N) is 2. The molecule has 0 unspecified atom stereocenters. The average molecular weight is 342 g/mol. The topological polar surface area (TPSA) is 90.0 Å². The maximum Gasteiger partial charge on any atom is 0.240 e. The maximum atomic E-state index is 12.3. The fourth-order valence-electron chi connectivity index (χ4n) is 2.32. The Labute approximate surface area is 141 Å². The lowest BCUT2D eigenvalue weighted by Crippen LogP contribution is -2.25. The fraction of sp³-hybridized carbons (Fsp3) is 0.118. The Balaban J connectivity index is 1.71. The van der Waals surface area contributed by atoms with Gasteiger partial charge in [0.25, 0.3) is 0 Å². The summed E-state index contributed by atoms with van der Waals surface area (Å²) in [5, 5.41) is 0. The van der Waals surface area contributed by atoms with Gasteiger partial charge in [0.15, 0.2) is 0 Å². The lowest BCUT2D eigenvalue weighted by atomic mass is 10.2. The summed E-state index contributed by atoms with van der Waals surface area (Å²) in [6, 6.07) is 16.0. The zero-order chi connectivity index (χ0) is 17.0. The van der Waals surface area contributed by atoms with Crippen LogP contribution in [0.3, 0.4) is 0 Å². The number of hydrogen-bond donors (Lipinski definition) is 2. The molecular formula is C17H18N4O2S. The fourth-order valence-corrected chi connectivity index (χ4v) is 3.30. The van der Waals surface area contributed by atoms with E-state index in [1.807, 2.05) is 41.1 Å². The minimum atomic E-state index is -3.60. The Bertz CT molecular complexity index is 903. The van der Waals surface area contributed by atoms with Crippen LogP contribution in [0.2, 0.25) is 0 Å². The molecule has 1 heterocycles. The molecule has 3 aromatic rings. The first-order valence-electron chi connectivity index (χ1n) is 7.44. The molecular weight excluding hydrogens is 324 g/mol. The molecule has 2 aromatic carbocycles. The van der Waals surface area contributed by atoms with Crippen LogP contribution in [0.25, 0.3) is 0 Å². The average Bonchev–Trinajstić information content (AvgIpc) is 3.02. The third kappa shape index (κ3) is 3.81. The molecule has 0 spiro atoms. The highest BCUT2D eigenvalue weighted by molar-refractivity contribution is 7.89. The van der Waals surface area contributed by atoms with Gasteiger partial charge in [-0.25, -0.2) is 18.1 Å². The molecule has 6 nitrogen and oxygen atoms in total. The third-order valence-electron chi connectivity index (χ3n) is 3.61. The second-order valence-electron chi connectivity index (χ2n) is 5.35. The zero-order valence-corrected chi connectivity index (χ0v) is 13.8. The van der Waals surface area contributed by atoms with E-state index in [2.05, 4.69) is 9.71 Å². The molecule has 0 amide bonds. The Morgan fingerprint density at radius 1 is 1.04 bits per heavy atom. The summed E-state index contributed by atoms with van der Waals surface area (Å²) in [6.07, 6.45) is 3.50. The van der Waals surface area contributed by atoms with Crippen molar-refractivity contribution in [3.8, 4) is 0 Å². The van der Waals surface area contributed by atoms with Gasteiger partial charge in [-0.3, -0.25) is 0 Å². The van der Waals surface area contributed by atoms with E-state index in [-0.39, 0.29) is 11.4 Å². The van der Waals surface area contributed by atoms with Crippen molar-refractivity contribution in [3.63, 3.8) is 0 Å². The summed E-state index contributed by atoms with van der Waals surface area (Å²) in [4.78, 5) is 4.42. The molecule has 124 valence electrons. The van der Waals surface area contributed by atoms with Gasteiger partial charge in [0, 0.05) is 24.6 Å². The molecule has 0 aliphatic rings. The van der Waals surface area contributed by atoms with Gasteiger partial charge in [0.2, 0.25) is 10.0 Å². The Kier molecular flexibility index (Phi) is 4.64. The second kappa shape index (κ2) is 6.86. The minimum absolute atomic E-state index is 0.118. The van der Waals surface area contributed by atoms with Gasteiger partial charge in [0.1, 0.15) is 5.82 Å². The molecule has 3 rings (SSSR count). The van der Waals surface area contributed by atoms with Gasteiger partial charge < -0.3 is 10.3 Å². The smallest absolute Gasteiger partial charge is 0.240 e. The van der Waals surface area contributed by atoms with Gasteiger partial charge in [-0.1, -0.05) is 30.3 Å². The van der Waals surface area contributed by atoms with Crippen LogP contribution in [0.4, 0.5) is 5.69 Å². The lowest BCUT2D eigenvalue weighted by molar-refractivity contribution is 0.576. The largest absolute Gasteiger partial charge is 0.399 e. The van der Waals surface area contributed by atoms with Crippen molar-refractivity contribution in [1.82, 2.24) is 14.3 Å². The summed E-state index contributed by atoms with van der Waals surface area (Å²) in [5.74, 6) is 0.651. The van der Waals surface area contributed by atoms with Gasteiger partial charge in [-0.15, -0.1) is 0 Å². The Hall–Kier alpha value is -2.64. The van der Waals surface area contributed by atoms with Crippen LogP contribution in [0.15, 0.2) is 71.9 Å². The number of nitrogen functional groups attached to an aromatic ring is 1. The molecule has 7 heteroatoms. The number of nitrogens with two attached hydrogens (primary N) is 1. The van der Waals surface area contributed by atoms with E-state index in [1.165, 1.54) is 12.1 Å². The number of sulfonamides is 1. The van der Waals surface area contributed by atoms with E-state index in [0.29, 0.717) is 18.1 Å².